The molecule has 0 heterocycles. The monoisotopic (exact) mass is 238 g/mol. The summed E-state index contributed by atoms with van der Waals surface area (Å²) in [7, 11) is 4.73. The molecule has 0 unspecified atom stereocenters. The van der Waals surface area contributed by atoms with Crippen molar-refractivity contribution in [3.63, 3.8) is 0 Å². The molecule has 1 aromatic carbocycles. The van der Waals surface area contributed by atoms with Crippen molar-refractivity contribution in [3.8, 4) is 5.75 Å². The van der Waals surface area contributed by atoms with Gasteiger partial charge in [0.2, 0.25) is 5.91 Å². The fraction of sp³-hybridized carbons (Fsp3) is 0.364. The highest BCUT2D eigenvalue weighted by atomic mass is 16.6. The zero-order chi connectivity index (χ0) is 13.0. The lowest BCUT2D eigenvalue weighted by Crippen LogP contribution is -2.23. The van der Waals surface area contributed by atoms with E-state index in [1.165, 1.54) is 24.1 Å². The molecule has 6 heteroatoms. The second-order valence-corrected chi connectivity index (χ2v) is 3.72. The fourth-order valence-electron chi connectivity index (χ4n) is 1.31. The summed E-state index contributed by atoms with van der Waals surface area (Å²) < 4.78 is 5.04. The predicted molar refractivity (Wildman–Crippen MR) is 62.0 cm³/mol. The second-order valence-electron chi connectivity index (χ2n) is 3.72. The molecule has 1 aromatic rings. The fourth-order valence-corrected chi connectivity index (χ4v) is 1.31. The van der Waals surface area contributed by atoms with Gasteiger partial charge in [-0.05, 0) is 6.07 Å². The molecule has 17 heavy (non-hydrogen) atoms. The van der Waals surface area contributed by atoms with Crippen molar-refractivity contribution in [2.45, 2.75) is 6.42 Å². The Kier molecular flexibility index (Phi) is 4.03. The summed E-state index contributed by atoms with van der Waals surface area (Å²) in [4.78, 5) is 23.1. The molecule has 0 radical (unpaired) electrons. The minimum absolute atomic E-state index is 0.0529. The number of benzene rings is 1. The lowest BCUT2D eigenvalue weighted by molar-refractivity contribution is -0.384. The van der Waals surface area contributed by atoms with E-state index in [0.29, 0.717) is 11.3 Å². The van der Waals surface area contributed by atoms with Crippen LogP contribution in [0, 0.1) is 10.1 Å². The molecule has 0 spiro atoms. The summed E-state index contributed by atoms with van der Waals surface area (Å²) in [5.74, 6) is 0.270. The Hall–Kier alpha value is -2.11. The molecule has 0 aromatic heterocycles. The molecule has 0 aliphatic heterocycles. The molecular weight excluding hydrogens is 224 g/mol. The molecule has 0 fully saturated rings. The van der Waals surface area contributed by atoms with Crippen LogP contribution in [0.2, 0.25) is 0 Å². The van der Waals surface area contributed by atoms with Crippen LogP contribution >= 0.6 is 0 Å². The molecule has 1 rings (SSSR count). The average Bonchev–Trinajstić information content (AvgIpc) is 2.28. The van der Waals surface area contributed by atoms with Crippen molar-refractivity contribution in [3.05, 3.63) is 33.9 Å². The third-order valence-corrected chi connectivity index (χ3v) is 2.32. The molecule has 6 nitrogen and oxygen atoms in total. The molecule has 0 N–H and O–H groups in total. The van der Waals surface area contributed by atoms with Gasteiger partial charge in [0.05, 0.1) is 24.5 Å². The molecule has 1 amide bonds. The number of nitro groups is 1. The SMILES string of the molecule is COc1cc([N+](=O)[O-])ccc1CC(=O)N(C)C. The first kappa shape index (κ1) is 13.0. The zero-order valence-corrected chi connectivity index (χ0v) is 9.97. The van der Waals surface area contributed by atoms with Crippen LogP contribution in [0.25, 0.3) is 0 Å². The summed E-state index contributed by atoms with van der Waals surface area (Å²) in [5.41, 5.74) is 0.583. The predicted octanol–water partition coefficient (Wildman–Crippen LogP) is 1.23. The van der Waals surface area contributed by atoms with Crippen LogP contribution in [0.1, 0.15) is 5.56 Å². The van der Waals surface area contributed by atoms with E-state index in [1.54, 1.807) is 20.2 Å². The van der Waals surface area contributed by atoms with Crippen LogP contribution in [-0.4, -0.2) is 36.9 Å². The van der Waals surface area contributed by atoms with Crippen LogP contribution in [0.5, 0.6) is 5.75 Å². The molecular formula is C11H14N2O4. The third kappa shape index (κ3) is 3.17. The molecule has 0 saturated heterocycles. The number of ether oxygens (including phenoxy) is 1. The van der Waals surface area contributed by atoms with Gasteiger partial charge >= 0.3 is 0 Å². The number of rotatable bonds is 4. The van der Waals surface area contributed by atoms with Gasteiger partial charge < -0.3 is 9.64 Å². The van der Waals surface area contributed by atoms with Crippen molar-refractivity contribution in [1.82, 2.24) is 4.90 Å². The van der Waals surface area contributed by atoms with E-state index in [-0.39, 0.29) is 18.0 Å². The van der Waals surface area contributed by atoms with Gasteiger partial charge in [-0.25, -0.2) is 0 Å². The molecule has 0 aliphatic carbocycles. The number of methoxy groups -OCH3 is 1. The Balaban J connectivity index is 3.01. The number of likely N-dealkylation sites (N-methyl/N-ethyl adjacent to an activating group) is 1. The number of non-ortho nitro benzene ring substituents is 1. The van der Waals surface area contributed by atoms with E-state index < -0.39 is 4.92 Å². The molecule has 92 valence electrons. The lowest BCUT2D eigenvalue weighted by atomic mass is 10.1. The van der Waals surface area contributed by atoms with Gasteiger partial charge in [0.1, 0.15) is 5.75 Å². The highest BCUT2D eigenvalue weighted by Crippen LogP contribution is 2.25. The number of carbonyl (C=O) groups excluding carboxylic acids is 1. The first-order chi connectivity index (χ1) is 7.95. The van der Waals surface area contributed by atoms with Crippen LogP contribution < -0.4 is 4.74 Å². The van der Waals surface area contributed by atoms with Gasteiger partial charge in [-0.2, -0.15) is 0 Å². The quantitative estimate of drug-likeness (QED) is 0.584. The average molecular weight is 238 g/mol. The van der Waals surface area contributed by atoms with E-state index in [1.807, 2.05) is 0 Å². The van der Waals surface area contributed by atoms with Crippen LogP contribution in [0.4, 0.5) is 5.69 Å². The van der Waals surface area contributed by atoms with E-state index in [0.717, 1.165) is 0 Å². The van der Waals surface area contributed by atoms with Gasteiger partial charge in [-0.1, -0.05) is 0 Å². The topological polar surface area (TPSA) is 72.7 Å². The summed E-state index contributed by atoms with van der Waals surface area (Å²) in [6.07, 6.45) is 0.161. The molecule has 0 saturated carbocycles. The maximum Gasteiger partial charge on any atom is 0.273 e. The van der Waals surface area contributed by atoms with Crippen molar-refractivity contribution in [2.75, 3.05) is 21.2 Å². The number of amides is 1. The Morgan fingerprint density at radius 1 is 1.47 bits per heavy atom. The Morgan fingerprint density at radius 3 is 2.59 bits per heavy atom. The smallest absolute Gasteiger partial charge is 0.273 e. The number of nitrogens with zero attached hydrogens (tertiary/aromatic N) is 2. The maximum absolute atomic E-state index is 11.5. The summed E-state index contributed by atoms with van der Waals surface area (Å²) in [6, 6.07) is 4.22. The number of nitro benzene ring substituents is 1. The normalized spacial score (nSPS) is 9.82. The van der Waals surface area contributed by atoms with E-state index in [2.05, 4.69) is 0 Å². The van der Waals surface area contributed by atoms with Crippen LogP contribution in [-0.2, 0) is 11.2 Å². The molecule has 0 atom stereocenters. The largest absolute Gasteiger partial charge is 0.496 e. The zero-order valence-electron chi connectivity index (χ0n) is 9.97. The summed E-state index contributed by atoms with van der Waals surface area (Å²) in [6.45, 7) is 0. The minimum atomic E-state index is -0.500. The van der Waals surface area contributed by atoms with Crippen molar-refractivity contribution in [1.29, 1.82) is 0 Å². The third-order valence-electron chi connectivity index (χ3n) is 2.32. The lowest BCUT2D eigenvalue weighted by Gasteiger charge is -2.12. The first-order valence-electron chi connectivity index (χ1n) is 4.97. The standard InChI is InChI=1S/C11H14N2O4/c1-12(2)11(14)6-8-4-5-9(13(15)16)7-10(8)17-3/h4-5,7H,6H2,1-3H3. The molecule has 0 bridgehead atoms. The first-order valence-corrected chi connectivity index (χ1v) is 4.97. The highest BCUT2D eigenvalue weighted by molar-refractivity contribution is 5.79. The summed E-state index contributed by atoms with van der Waals surface area (Å²) >= 11 is 0. The van der Waals surface area contributed by atoms with Gasteiger partial charge in [-0.3, -0.25) is 14.9 Å². The van der Waals surface area contributed by atoms with Gasteiger partial charge in [0, 0.05) is 25.7 Å². The van der Waals surface area contributed by atoms with Gasteiger partial charge in [0.25, 0.3) is 5.69 Å². The van der Waals surface area contributed by atoms with Crippen LogP contribution in [0.15, 0.2) is 18.2 Å². The Morgan fingerprint density at radius 2 is 2.12 bits per heavy atom. The summed E-state index contributed by atoms with van der Waals surface area (Å²) in [5, 5.41) is 10.6. The van der Waals surface area contributed by atoms with E-state index >= 15 is 0 Å². The molecule has 0 aliphatic rings. The van der Waals surface area contributed by atoms with Gasteiger partial charge in [0.15, 0.2) is 0 Å². The minimum Gasteiger partial charge on any atom is -0.496 e. The number of hydrogen-bond donors (Lipinski definition) is 0. The van der Waals surface area contributed by atoms with E-state index in [4.69, 9.17) is 4.74 Å². The second kappa shape index (κ2) is 5.29. The number of hydrogen-bond acceptors (Lipinski definition) is 4. The maximum atomic E-state index is 11.5. The van der Waals surface area contributed by atoms with Gasteiger partial charge in [-0.15, -0.1) is 0 Å². The number of carbonyl (C=O) groups is 1. The Labute approximate surface area is 98.9 Å². The Bertz CT molecular complexity index is 443. The van der Waals surface area contributed by atoms with Crippen molar-refractivity contribution >= 4 is 11.6 Å². The van der Waals surface area contributed by atoms with E-state index in [9.17, 15) is 14.9 Å². The van der Waals surface area contributed by atoms with Crippen molar-refractivity contribution in [2.24, 2.45) is 0 Å². The highest BCUT2D eigenvalue weighted by Gasteiger charge is 2.14. The van der Waals surface area contributed by atoms with Crippen molar-refractivity contribution < 1.29 is 14.5 Å². The van der Waals surface area contributed by atoms with Crippen LogP contribution in [0.3, 0.4) is 0 Å².